The van der Waals surface area contributed by atoms with Crippen LogP contribution in [0.25, 0.3) is 12.2 Å². The van der Waals surface area contributed by atoms with Crippen LogP contribution in [0.3, 0.4) is 0 Å². The quantitative estimate of drug-likeness (QED) is 0.663. The molecule has 1 aliphatic carbocycles. The van der Waals surface area contributed by atoms with Gasteiger partial charge in [0.2, 0.25) is 0 Å². The molecule has 0 heterocycles. The fourth-order valence-corrected chi connectivity index (χ4v) is 2.19. The van der Waals surface area contributed by atoms with Gasteiger partial charge in [-0.1, -0.05) is 60.2 Å². The standard InChI is InChI=1S/C17H16/c1-13-2-4-14(5-3-13)6-7-15-8-9-16-10-11-17(16)12-15/h2-9,12H,10-11H2,1H3. The van der Waals surface area contributed by atoms with E-state index < -0.39 is 0 Å². The Morgan fingerprint density at radius 3 is 2.06 bits per heavy atom. The minimum absolute atomic E-state index is 1.25. The molecule has 0 radical (unpaired) electrons. The summed E-state index contributed by atoms with van der Waals surface area (Å²) in [6.45, 7) is 2.12. The van der Waals surface area contributed by atoms with Crippen LogP contribution in [0, 0.1) is 6.92 Å². The van der Waals surface area contributed by atoms with Gasteiger partial charge in [0, 0.05) is 0 Å². The number of aryl methyl sites for hydroxylation is 3. The van der Waals surface area contributed by atoms with E-state index in [1.54, 1.807) is 0 Å². The molecule has 0 heteroatoms. The molecule has 84 valence electrons. The molecule has 0 unspecified atom stereocenters. The van der Waals surface area contributed by atoms with Crippen molar-refractivity contribution in [3.8, 4) is 0 Å². The number of hydrogen-bond acceptors (Lipinski definition) is 0. The summed E-state index contributed by atoms with van der Waals surface area (Å²) in [6.07, 6.45) is 6.89. The minimum Gasteiger partial charge on any atom is -0.0587 e. The van der Waals surface area contributed by atoms with E-state index in [-0.39, 0.29) is 0 Å². The molecule has 0 N–H and O–H groups in total. The van der Waals surface area contributed by atoms with Crippen molar-refractivity contribution in [3.05, 3.63) is 70.3 Å². The van der Waals surface area contributed by atoms with Gasteiger partial charge in [0.25, 0.3) is 0 Å². The first-order valence-electron chi connectivity index (χ1n) is 6.18. The topological polar surface area (TPSA) is 0 Å². The lowest BCUT2D eigenvalue weighted by Crippen LogP contribution is -2.07. The van der Waals surface area contributed by atoms with Crippen molar-refractivity contribution in [3.63, 3.8) is 0 Å². The Kier molecular flexibility index (Phi) is 2.56. The zero-order valence-electron chi connectivity index (χ0n) is 10.1. The number of rotatable bonds is 2. The van der Waals surface area contributed by atoms with E-state index in [1.807, 2.05) is 0 Å². The lowest BCUT2D eigenvalue weighted by Gasteiger charge is -2.18. The van der Waals surface area contributed by atoms with Gasteiger partial charge in [-0.05, 0) is 42.0 Å². The van der Waals surface area contributed by atoms with E-state index in [0.29, 0.717) is 0 Å². The van der Waals surface area contributed by atoms with Gasteiger partial charge < -0.3 is 0 Å². The maximum Gasteiger partial charge on any atom is -0.0235 e. The Hall–Kier alpha value is -1.82. The van der Waals surface area contributed by atoms with E-state index in [4.69, 9.17) is 0 Å². The zero-order chi connectivity index (χ0) is 11.7. The summed E-state index contributed by atoms with van der Waals surface area (Å²) in [6, 6.07) is 15.4. The summed E-state index contributed by atoms with van der Waals surface area (Å²) < 4.78 is 0. The first kappa shape index (κ1) is 10.3. The lowest BCUT2D eigenvalue weighted by atomic mass is 9.87. The van der Waals surface area contributed by atoms with Crippen molar-refractivity contribution in [2.75, 3.05) is 0 Å². The third-order valence-electron chi connectivity index (χ3n) is 3.44. The number of hydrogen-bond donors (Lipinski definition) is 0. The summed E-state index contributed by atoms with van der Waals surface area (Å²) >= 11 is 0. The van der Waals surface area contributed by atoms with Gasteiger partial charge in [0.1, 0.15) is 0 Å². The molecule has 0 fully saturated rings. The third kappa shape index (κ3) is 2.16. The van der Waals surface area contributed by atoms with E-state index in [1.165, 1.54) is 40.7 Å². The molecule has 0 bridgehead atoms. The number of benzene rings is 2. The highest BCUT2D eigenvalue weighted by atomic mass is 14.2. The van der Waals surface area contributed by atoms with Gasteiger partial charge in [-0.2, -0.15) is 0 Å². The Labute approximate surface area is 103 Å². The summed E-state index contributed by atoms with van der Waals surface area (Å²) in [7, 11) is 0. The largest absolute Gasteiger partial charge is 0.0587 e. The van der Waals surface area contributed by atoms with Crippen molar-refractivity contribution >= 4 is 12.2 Å². The van der Waals surface area contributed by atoms with E-state index in [2.05, 4.69) is 61.5 Å². The minimum atomic E-state index is 1.25. The molecule has 0 saturated carbocycles. The first-order valence-corrected chi connectivity index (χ1v) is 6.18. The molecule has 0 aromatic heterocycles. The van der Waals surface area contributed by atoms with E-state index in [0.717, 1.165) is 0 Å². The van der Waals surface area contributed by atoms with Gasteiger partial charge in [0.15, 0.2) is 0 Å². The molecular weight excluding hydrogens is 204 g/mol. The average molecular weight is 220 g/mol. The lowest BCUT2D eigenvalue weighted by molar-refractivity contribution is 0.839. The molecule has 0 spiro atoms. The van der Waals surface area contributed by atoms with Gasteiger partial charge in [-0.15, -0.1) is 0 Å². The van der Waals surface area contributed by atoms with Crippen LogP contribution in [0.1, 0.15) is 27.8 Å². The van der Waals surface area contributed by atoms with Crippen LogP contribution in [-0.4, -0.2) is 0 Å². The monoisotopic (exact) mass is 220 g/mol. The predicted octanol–water partition coefficient (Wildman–Crippen LogP) is 4.26. The van der Waals surface area contributed by atoms with Crippen molar-refractivity contribution in [1.82, 2.24) is 0 Å². The van der Waals surface area contributed by atoms with Crippen LogP contribution in [0.2, 0.25) is 0 Å². The van der Waals surface area contributed by atoms with Crippen LogP contribution in [-0.2, 0) is 12.8 Å². The molecule has 0 aliphatic heterocycles. The number of fused-ring (bicyclic) bond motifs is 1. The van der Waals surface area contributed by atoms with Gasteiger partial charge in [-0.3, -0.25) is 0 Å². The molecule has 0 amide bonds. The van der Waals surface area contributed by atoms with Crippen molar-refractivity contribution < 1.29 is 0 Å². The molecule has 0 saturated heterocycles. The van der Waals surface area contributed by atoms with Gasteiger partial charge >= 0.3 is 0 Å². The van der Waals surface area contributed by atoms with Crippen LogP contribution >= 0.6 is 0 Å². The Morgan fingerprint density at radius 1 is 0.765 bits per heavy atom. The molecule has 2 aromatic rings. The zero-order valence-corrected chi connectivity index (χ0v) is 10.1. The maximum atomic E-state index is 2.31. The second kappa shape index (κ2) is 4.21. The van der Waals surface area contributed by atoms with Crippen molar-refractivity contribution in [1.29, 1.82) is 0 Å². The van der Waals surface area contributed by atoms with Crippen LogP contribution in [0.4, 0.5) is 0 Å². The average Bonchev–Trinajstić information content (AvgIpc) is 2.31. The van der Waals surface area contributed by atoms with Crippen LogP contribution in [0.5, 0.6) is 0 Å². The molecule has 1 aliphatic rings. The highest BCUT2D eigenvalue weighted by Crippen LogP contribution is 2.24. The summed E-state index contributed by atoms with van der Waals surface area (Å²) in [4.78, 5) is 0. The Bertz CT molecular complexity index is 559. The van der Waals surface area contributed by atoms with E-state index >= 15 is 0 Å². The first-order chi connectivity index (χ1) is 8.31. The normalized spacial score (nSPS) is 13.5. The SMILES string of the molecule is Cc1ccc(C=Cc2ccc3c(c2)CC3)cc1. The highest BCUT2D eigenvalue weighted by Gasteiger charge is 2.11. The second-order valence-electron chi connectivity index (χ2n) is 4.77. The molecule has 0 atom stereocenters. The smallest absolute Gasteiger partial charge is 0.0235 e. The fourth-order valence-electron chi connectivity index (χ4n) is 2.19. The summed E-state index contributed by atoms with van der Waals surface area (Å²) in [5, 5.41) is 0. The van der Waals surface area contributed by atoms with E-state index in [9.17, 15) is 0 Å². The summed E-state index contributed by atoms with van der Waals surface area (Å²) in [5.74, 6) is 0. The molecule has 0 nitrogen and oxygen atoms in total. The molecule has 3 rings (SSSR count). The van der Waals surface area contributed by atoms with Gasteiger partial charge in [-0.25, -0.2) is 0 Å². The predicted molar refractivity (Wildman–Crippen MR) is 74.0 cm³/mol. The maximum absolute atomic E-state index is 2.31. The van der Waals surface area contributed by atoms with Crippen LogP contribution < -0.4 is 0 Å². The Balaban J connectivity index is 1.81. The molecule has 17 heavy (non-hydrogen) atoms. The van der Waals surface area contributed by atoms with Crippen molar-refractivity contribution in [2.45, 2.75) is 19.8 Å². The second-order valence-corrected chi connectivity index (χ2v) is 4.77. The molecular formula is C17H16. The Morgan fingerprint density at radius 2 is 1.41 bits per heavy atom. The van der Waals surface area contributed by atoms with Crippen molar-refractivity contribution in [2.24, 2.45) is 0 Å². The molecule has 2 aromatic carbocycles. The fraction of sp³-hybridized carbons (Fsp3) is 0.176. The van der Waals surface area contributed by atoms with Crippen LogP contribution in [0.15, 0.2) is 42.5 Å². The third-order valence-corrected chi connectivity index (χ3v) is 3.44. The van der Waals surface area contributed by atoms with Gasteiger partial charge in [0.05, 0.1) is 0 Å². The highest BCUT2D eigenvalue weighted by molar-refractivity contribution is 5.70. The summed E-state index contributed by atoms with van der Waals surface area (Å²) in [5.41, 5.74) is 6.93.